The smallest absolute Gasteiger partial charge is 0.258 e. The molecule has 1 aromatic carbocycles. The van der Waals surface area contributed by atoms with Crippen molar-refractivity contribution in [2.75, 3.05) is 26.2 Å². The Balaban J connectivity index is 1.62. The predicted molar refractivity (Wildman–Crippen MR) is 108 cm³/mol. The molecule has 0 saturated carbocycles. The lowest BCUT2D eigenvalue weighted by Crippen LogP contribution is -2.52. The molecule has 1 amide bonds. The second kappa shape index (κ2) is 9.77. The number of amides is 1. The Labute approximate surface area is 164 Å². The topological polar surface area (TPSA) is 113 Å². The summed E-state index contributed by atoms with van der Waals surface area (Å²) in [6, 6.07) is 7.24. The molecule has 0 aliphatic carbocycles. The van der Waals surface area contributed by atoms with Crippen LogP contribution in [0.25, 0.3) is 10.9 Å². The Morgan fingerprint density at radius 1 is 1.46 bits per heavy atom. The molecule has 152 valence electrons. The van der Waals surface area contributed by atoms with Crippen molar-refractivity contribution in [2.24, 2.45) is 5.73 Å². The van der Waals surface area contributed by atoms with E-state index in [1.807, 2.05) is 18.2 Å². The molecule has 0 radical (unpaired) electrons. The van der Waals surface area contributed by atoms with Crippen LogP contribution in [0.5, 0.6) is 0 Å². The minimum Gasteiger partial charge on any atom is -0.366 e. The quantitative estimate of drug-likeness (QED) is 0.616. The number of unbranched alkanes of at least 4 members (excludes halogenated alkanes) is 1. The van der Waals surface area contributed by atoms with Gasteiger partial charge < -0.3 is 20.8 Å². The SMILES string of the molecule is CCCCC(CN)NC(=O)C1CN(Cc2nc3ccccc3c(=O)[nH]2)CCO1. The van der Waals surface area contributed by atoms with E-state index in [4.69, 9.17) is 10.5 Å². The number of nitrogens with zero attached hydrogens (tertiary/aromatic N) is 2. The number of aromatic amines is 1. The fourth-order valence-corrected chi connectivity index (χ4v) is 3.42. The van der Waals surface area contributed by atoms with Crippen molar-refractivity contribution in [3.8, 4) is 0 Å². The normalized spacial score (nSPS) is 18.9. The third-order valence-corrected chi connectivity index (χ3v) is 5.02. The van der Waals surface area contributed by atoms with Gasteiger partial charge in [0, 0.05) is 25.7 Å². The number of benzene rings is 1. The van der Waals surface area contributed by atoms with E-state index in [0.717, 1.165) is 19.3 Å². The number of nitrogens with one attached hydrogen (secondary N) is 2. The first kappa shape index (κ1) is 20.4. The number of nitrogens with two attached hydrogens (primary N) is 1. The Morgan fingerprint density at radius 3 is 3.07 bits per heavy atom. The first-order valence-electron chi connectivity index (χ1n) is 9.93. The molecule has 1 aromatic heterocycles. The average molecular weight is 387 g/mol. The minimum absolute atomic E-state index is 0.0232. The molecule has 2 unspecified atom stereocenters. The van der Waals surface area contributed by atoms with Gasteiger partial charge in [-0.25, -0.2) is 4.98 Å². The summed E-state index contributed by atoms with van der Waals surface area (Å²) in [6.07, 6.45) is 2.42. The number of hydrogen-bond donors (Lipinski definition) is 3. The van der Waals surface area contributed by atoms with Crippen molar-refractivity contribution in [2.45, 2.75) is 44.9 Å². The van der Waals surface area contributed by atoms with E-state index in [2.05, 4.69) is 27.1 Å². The fourth-order valence-electron chi connectivity index (χ4n) is 3.42. The highest BCUT2D eigenvalue weighted by Crippen LogP contribution is 2.11. The predicted octanol–water partition coefficient (Wildman–Crippen LogP) is 0.758. The second-order valence-electron chi connectivity index (χ2n) is 7.21. The van der Waals surface area contributed by atoms with Crippen molar-refractivity contribution in [3.05, 3.63) is 40.4 Å². The number of ether oxygens (including phenoxy) is 1. The summed E-state index contributed by atoms with van der Waals surface area (Å²) in [6.45, 7) is 4.58. The van der Waals surface area contributed by atoms with Gasteiger partial charge in [0.15, 0.2) is 0 Å². The highest BCUT2D eigenvalue weighted by Gasteiger charge is 2.28. The van der Waals surface area contributed by atoms with Gasteiger partial charge in [0.2, 0.25) is 0 Å². The molecule has 8 nitrogen and oxygen atoms in total. The summed E-state index contributed by atoms with van der Waals surface area (Å²) in [5.74, 6) is 0.462. The zero-order valence-corrected chi connectivity index (χ0v) is 16.3. The van der Waals surface area contributed by atoms with Crippen LogP contribution in [0.15, 0.2) is 29.1 Å². The molecule has 0 spiro atoms. The zero-order valence-electron chi connectivity index (χ0n) is 16.3. The lowest BCUT2D eigenvalue weighted by Gasteiger charge is -2.32. The van der Waals surface area contributed by atoms with E-state index in [1.165, 1.54) is 0 Å². The number of carbonyl (C=O) groups excluding carboxylic acids is 1. The van der Waals surface area contributed by atoms with Crippen LogP contribution in [0.1, 0.15) is 32.0 Å². The number of carbonyl (C=O) groups is 1. The molecule has 8 heteroatoms. The van der Waals surface area contributed by atoms with E-state index >= 15 is 0 Å². The number of morpholine rings is 1. The highest BCUT2D eigenvalue weighted by atomic mass is 16.5. The largest absolute Gasteiger partial charge is 0.366 e. The standard InChI is InChI=1S/C20H29N5O3/c1-2-3-6-14(11-21)22-20(27)17-12-25(9-10-28-17)13-18-23-16-8-5-4-7-15(16)19(26)24-18/h4-5,7-8,14,17H,2-3,6,9-13,21H2,1H3,(H,22,27)(H,23,24,26). The van der Waals surface area contributed by atoms with E-state index in [1.54, 1.807) is 6.07 Å². The van der Waals surface area contributed by atoms with Crippen LogP contribution in [0, 0.1) is 0 Å². The monoisotopic (exact) mass is 387 g/mol. The van der Waals surface area contributed by atoms with Gasteiger partial charge in [-0.2, -0.15) is 0 Å². The van der Waals surface area contributed by atoms with Crippen LogP contribution in [0.4, 0.5) is 0 Å². The van der Waals surface area contributed by atoms with Gasteiger partial charge in [-0.15, -0.1) is 0 Å². The van der Waals surface area contributed by atoms with Crippen molar-refractivity contribution < 1.29 is 9.53 Å². The van der Waals surface area contributed by atoms with Gasteiger partial charge in [0.05, 0.1) is 24.1 Å². The molecule has 2 aromatic rings. The Kier molecular flexibility index (Phi) is 7.13. The summed E-state index contributed by atoms with van der Waals surface area (Å²) < 4.78 is 5.66. The number of fused-ring (bicyclic) bond motifs is 1. The second-order valence-corrected chi connectivity index (χ2v) is 7.21. The Hall–Kier alpha value is -2.29. The van der Waals surface area contributed by atoms with Gasteiger partial charge in [0.1, 0.15) is 11.9 Å². The van der Waals surface area contributed by atoms with E-state index < -0.39 is 6.10 Å². The summed E-state index contributed by atoms with van der Waals surface area (Å²) in [4.78, 5) is 34.3. The molecule has 1 saturated heterocycles. The lowest BCUT2D eigenvalue weighted by molar-refractivity contribution is -0.139. The molecule has 4 N–H and O–H groups in total. The van der Waals surface area contributed by atoms with Crippen LogP contribution in [0.2, 0.25) is 0 Å². The van der Waals surface area contributed by atoms with Gasteiger partial charge in [0.25, 0.3) is 11.5 Å². The molecular formula is C20H29N5O3. The van der Waals surface area contributed by atoms with Crippen LogP contribution in [-0.2, 0) is 16.1 Å². The molecular weight excluding hydrogens is 358 g/mol. The van der Waals surface area contributed by atoms with Crippen molar-refractivity contribution in [1.29, 1.82) is 0 Å². The van der Waals surface area contributed by atoms with Crippen molar-refractivity contribution in [3.63, 3.8) is 0 Å². The van der Waals surface area contributed by atoms with E-state index in [9.17, 15) is 9.59 Å². The zero-order chi connectivity index (χ0) is 19.9. The third-order valence-electron chi connectivity index (χ3n) is 5.02. The number of rotatable bonds is 8. The summed E-state index contributed by atoms with van der Waals surface area (Å²) in [5.41, 5.74) is 6.30. The Morgan fingerprint density at radius 2 is 2.29 bits per heavy atom. The van der Waals surface area contributed by atoms with E-state index in [-0.39, 0.29) is 17.5 Å². The van der Waals surface area contributed by atoms with Gasteiger partial charge in [-0.05, 0) is 18.6 Å². The maximum atomic E-state index is 12.6. The van der Waals surface area contributed by atoms with Crippen LogP contribution < -0.4 is 16.6 Å². The minimum atomic E-state index is -0.545. The summed E-state index contributed by atoms with van der Waals surface area (Å²) in [7, 11) is 0. The lowest BCUT2D eigenvalue weighted by atomic mass is 10.1. The van der Waals surface area contributed by atoms with Crippen LogP contribution >= 0.6 is 0 Å². The molecule has 1 fully saturated rings. The highest BCUT2D eigenvalue weighted by molar-refractivity contribution is 5.81. The number of para-hydroxylation sites is 1. The molecule has 3 rings (SSSR count). The Bertz CT molecular complexity index is 853. The van der Waals surface area contributed by atoms with Gasteiger partial charge in [-0.1, -0.05) is 31.9 Å². The molecule has 1 aliphatic rings. The summed E-state index contributed by atoms with van der Waals surface area (Å²) in [5, 5.41) is 3.57. The molecule has 1 aliphatic heterocycles. The fraction of sp³-hybridized carbons (Fsp3) is 0.550. The molecule has 2 heterocycles. The molecule has 28 heavy (non-hydrogen) atoms. The first-order valence-corrected chi connectivity index (χ1v) is 9.93. The number of hydrogen-bond acceptors (Lipinski definition) is 6. The van der Waals surface area contributed by atoms with E-state index in [0.29, 0.717) is 49.5 Å². The molecule has 2 atom stereocenters. The van der Waals surface area contributed by atoms with Crippen LogP contribution in [-0.4, -0.2) is 59.2 Å². The van der Waals surface area contributed by atoms with Gasteiger partial charge >= 0.3 is 0 Å². The molecule has 0 bridgehead atoms. The van der Waals surface area contributed by atoms with Crippen molar-refractivity contribution in [1.82, 2.24) is 20.2 Å². The number of aromatic nitrogens is 2. The first-order chi connectivity index (χ1) is 13.6. The maximum absolute atomic E-state index is 12.6. The summed E-state index contributed by atoms with van der Waals surface area (Å²) >= 11 is 0. The average Bonchev–Trinajstić information content (AvgIpc) is 2.71. The third kappa shape index (κ3) is 5.15. The van der Waals surface area contributed by atoms with Crippen molar-refractivity contribution >= 4 is 16.8 Å². The van der Waals surface area contributed by atoms with Gasteiger partial charge in [-0.3, -0.25) is 14.5 Å². The van der Waals surface area contributed by atoms with Crippen LogP contribution in [0.3, 0.4) is 0 Å². The maximum Gasteiger partial charge on any atom is 0.258 e. The number of H-pyrrole nitrogens is 1.